The third-order valence-corrected chi connectivity index (χ3v) is 13.0. The molecule has 10 nitrogen and oxygen atoms in total. The Morgan fingerprint density at radius 3 is 1.15 bits per heavy atom. The van der Waals surface area contributed by atoms with Gasteiger partial charge < -0.3 is 45.4 Å². The van der Waals surface area contributed by atoms with Crippen LogP contribution in [0.1, 0.15) is 258 Å². The third-order valence-electron chi connectivity index (χ3n) is 13.0. The average molecular weight is 888 g/mol. The van der Waals surface area contributed by atoms with Gasteiger partial charge in [-0.1, -0.05) is 239 Å². The summed E-state index contributed by atoms with van der Waals surface area (Å²) in [6.45, 7) is 5.37. The van der Waals surface area contributed by atoms with Crippen molar-refractivity contribution in [3.05, 3.63) is 0 Å². The Hall–Kier alpha value is -0.850. The van der Waals surface area contributed by atoms with Gasteiger partial charge in [-0.3, -0.25) is 4.79 Å². The molecule has 10 heteroatoms. The predicted molar refractivity (Wildman–Crippen MR) is 257 cm³/mol. The molecule has 62 heavy (non-hydrogen) atoms. The van der Waals surface area contributed by atoms with Gasteiger partial charge in [0.25, 0.3) is 0 Å². The van der Waals surface area contributed by atoms with Crippen molar-refractivity contribution in [1.82, 2.24) is 5.32 Å². The van der Waals surface area contributed by atoms with Crippen LogP contribution in [0.3, 0.4) is 0 Å². The molecule has 372 valence electrons. The first kappa shape index (κ1) is 61.1. The molecule has 0 saturated heterocycles. The number of ether oxygens (including phenoxy) is 2. The molecule has 0 bridgehead atoms. The molecular formula is C52H105NO9. The molecule has 0 heterocycles. The summed E-state index contributed by atoms with van der Waals surface area (Å²) in [5.74, 6) is -0.949. The van der Waals surface area contributed by atoms with E-state index in [0.717, 1.165) is 44.9 Å². The van der Waals surface area contributed by atoms with Gasteiger partial charge in [0.05, 0.1) is 24.9 Å². The molecule has 0 radical (unpaired) electrons. The Morgan fingerprint density at radius 1 is 0.468 bits per heavy atom. The van der Waals surface area contributed by atoms with Crippen LogP contribution < -0.4 is 5.32 Å². The number of unbranched alkanes of at least 4 members (excludes halogenated alkanes) is 33. The molecule has 0 fully saturated rings. The highest BCUT2D eigenvalue weighted by atomic mass is 16.7. The van der Waals surface area contributed by atoms with Gasteiger partial charge in [0.15, 0.2) is 6.29 Å². The maximum Gasteiger partial charge on any atom is 0.220 e. The van der Waals surface area contributed by atoms with Crippen molar-refractivity contribution in [3.8, 4) is 0 Å². The van der Waals surface area contributed by atoms with E-state index in [2.05, 4.69) is 19.2 Å². The topological polar surface area (TPSA) is 169 Å². The minimum absolute atomic E-state index is 0.250. The van der Waals surface area contributed by atoms with E-state index >= 15 is 0 Å². The number of carbonyl (C=O) groups excluding carboxylic acids is 1. The number of hydrogen-bond acceptors (Lipinski definition) is 9. The van der Waals surface area contributed by atoms with E-state index in [1.54, 1.807) is 0 Å². The zero-order valence-corrected chi connectivity index (χ0v) is 41.1. The molecule has 1 amide bonds. The zero-order valence-electron chi connectivity index (χ0n) is 41.1. The summed E-state index contributed by atoms with van der Waals surface area (Å²) in [5.41, 5.74) is 0. The predicted octanol–water partition coefficient (Wildman–Crippen LogP) is 11.4. The van der Waals surface area contributed by atoms with Crippen molar-refractivity contribution < 1.29 is 44.9 Å². The fourth-order valence-corrected chi connectivity index (χ4v) is 8.52. The van der Waals surface area contributed by atoms with Crippen LogP contribution in [-0.2, 0) is 14.3 Å². The lowest BCUT2D eigenvalue weighted by atomic mass is 9.96. The molecular weight excluding hydrogens is 783 g/mol. The molecule has 7 N–H and O–H groups in total. The first-order chi connectivity index (χ1) is 30.1. The van der Waals surface area contributed by atoms with Crippen LogP contribution in [0.2, 0.25) is 0 Å². The average Bonchev–Trinajstić information content (AvgIpc) is 3.28. The number of carbonyl (C=O) groups is 1. The molecule has 0 saturated carbocycles. The van der Waals surface area contributed by atoms with E-state index in [4.69, 9.17) is 9.47 Å². The second-order valence-corrected chi connectivity index (χ2v) is 19.0. The van der Waals surface area contributed by atoms with Crippen LogP contribution in [0.25, 0.3) is 0 Å². The third kappa shape index (κ3) is 35.4. The minimum atomic E-state index is -1.67. The molecule has 0 aliphatic rings. The van der Waals surface area contributed by atoms with Gasteiger partial charge in [-0.2, -0.15) is 0 Å². The number of aliphatic hydroxyl groups is 6. The molecule has 0 aliphatic carbocycles. The number of rotatable bonds is 49. The molecule has 0 aromatic carbocycles. The van der Waals surface area contributed by atoms with Crippen molar-refractivity contribution in [2.75, 3.05) is 20.3 Å². The van der Waals surface area contributed by atoms with Crippen LogP contribution in [0, 0.1) is 5.92 Å². The van der Waals surface area contributed by atoms with Gasteiger partial charge in [-0.05, 0) is 12.8 Å². The number of aliphatic hydroxyl groups excluding tert-OH is 6. The Labute approximate surface area is 382 Å². The summed E-state index contributed by atoms with van der Waals surface area (Å²) >= 11 is 0. The van der Waals surface area contributed by atoms with Crippen LogP contribution in [0.15, 0.2) is 0 Å². The van der Waals surface area contributed by atoms with E-state index < -0.39 is 48.8 Å². The van der Waals surface area contributed by atoms with Crippen molar-refractivity contribution in [2.45, 2.75) is 301 Å². The van der Waals surface area contributed by atoms with Crippen LogP contribution in [0.4, 0.5) is 0 Å². The molecule has 0 aromatic heterocycles. The van der Waals surface area contributed by atoms with E-state index in [1.165, 1.54) is 194 Å². The Balaban J connectivity index is 4.48. The Kier molecular flexibility index (Phi) is 44.7. The maximum absolute atomic E-state index is 13.1. The van der Waals surface area contributed by atoms with Gasteiger partial charge >= 0.3 is 0 Å². The summed E-state index contributed by atoms with van der Waals surface area (Å²) in [4.78, 5) is 13.1. The van der Waals surface area contributed by atoms with Crippen molar-refractivity contribution in [2.24, 2.45) is 5.92 Å². The SMILES string of the molecule is CCCCCCCCCCCCCCCCCCCCCCCCCC(=O)N[C@@H](COC(OC)C(O)C(O)C(O)C(C)CO)[C@H](O)[C@H](O)CCCCCCCCCCCCCC. The second kappa shape index (κ2) is 45.3. The molecule has 8 atom stereocenters. The lowest BCUT2D eigenvalue weighted by Gasteiger charge is -2.33. The smallest absolute Gasteiger partial charge is 0.220 e. The van der Waals surface area contributed by atoms with Crippen molar-refractivity contribution in [1.29, 1.82) is 0 Å². The van der Waals surface area contributed by atoms with E-state index in [1.807, 2.05) is 0 Å². The summed E-state index contributed by atoms with van der Waals surface area (Å²) in [6.07, 6.45) is 36.5. The fraction of sp³-hybridized carbons (Fsp3) is 0.981. The minimum Gasteiger partial charge on any atom is -0.396 e. The lowest BCUT2D eigenvalue weighted by molar-refractivity contribution is -0.224. The zero-order chi connectivity index (χ0) is 45.9. The first-order valence-corrected chi connectivity index (χ1v) is 26.6. The van der Waals surface area contributed by atoms with Crippen molar-refractivity contribution >= 4 is 5.91 Å². The number of hydrogen-bond donors (Lipinski definition) is 7. The highest BCUT2D eigenvalue weighted by molar-refractivity contribution is 5.76. The van der Waals surface area contributed by atoms with Gasteiger partial charge in [0.2, 0.25) is 5.91 Å². The van der Waals surface area contributed by atoms with E-state index in [0.29, 0.717) is 6.42 Å². The van der Waals surface area contributed by atoms with Gasteiger partial charge in [0.1, 0.15) is 18.3 Å². The standard InChI is InChI=1S/C52H105NO9/c1-5-7-9-11-13-15-17-19-20-21-22-23-24-25-26-27-28-29-31-33-35-37-39-41-47(56)53-45(43-62-52(61-4)51(60)50(59)48(57)44(3)42-54)49(58)46(55)40-38-36-34-32-30-18-16-14-12-10-8-6-2/h44-46,48-52,54-55,57-60H,5-43H2,1-4H3,(H,53,56)/t44?,45-,46+,48?,49-,50?,51?,52?/m0/s1. The van der Waals surface area contributed by atoms with Gasteiger partial charge in [-0.25, -0.2) is 0 Å². The highest BCUT2D eigenvalue weighted by Crippen LogP contribution is 2.19. The van der Waals surface area contributed by atoms with Crippen LogP contribution >= 0.6 is 0 Å². The maximum atomic E-state index is 13.1. The van der Waals surface area contributed by atoms with Gasteiger partial charge in [-0.15, -0.1) is 0 Å². The van der Waals surface area contributed by atoms with Crippen LogP contribution in [-0.4, -0.2) is 99.7 Å². The Morgan fingerprint density at radius 2 is 0.806 bits per heavy atom. The van der Waals surface area contributed by atoms with E-state index in [-0.39, 0.29) is 25.5 Å². The Bertz CT molecular complexity index is 929. The fourth-order valence-electron chi connectivity index (χ4n) is 8.52. The number of nitrogens with one attached hydrogen (secondary N) is 1. The van der Waals surface area contributed by atoms with E-state index in [9.17, 15) is 35.4 Å². The molecule has 0 aliphatic heterocycles. The lowest BCUT2D eigenvalue weighted by Crippen LogP contribution is -2.53. The molecule has 5 unspecified atom stereocenters. The largest absolute Gasteiger partial charge is 0.396 e. The summed E-state index contributed by atoms with van der Waals surface area (Å²) in [7, 11) is 1.27. The van der Waals surface area contributed by atoms with Gasteiger partial charge in [0, 0.05) is 26.1 Å². The molecule has 0 spiro atoms. The summed E-state index contributed by atoms with van der Waals surface area (Å²) in [5, 5.41) is 66.0. The first-order valence-electron chi connectivity index (χ1n) is 26.6. The van der Waals surface area contributed by atoms with Crippen molar-refractivity contribution in [3.63, 3.8) is 0 Å². The number of amides is 1. The van der Waals surface area contributed by atoms with Crippen LogP contribution in [0.5, 0.6) is 0 Å². The molecule has 0 rings (SSSR count). The monoisotopic (exact) mass is 888 g/mol. The number of methoxy groups -OCH3 is 1. The summed E-state index contributed by atoms with van der Waals surface area (Å²) < 4.78 is 11.0. The quantitative estimate of drug-likeness (QED) is 0.0232. The second-order valence-electron chi connectivity index (χ2n) is 19.0. The molecule has 0 aromatic rings. The highest BCUT2D eigenvalue weighted by Gasteiger charge is 2.36. The normalized spacial score (nSPS) is 15.8. The summed E-state index contributed by atoms with van der Waals surface area (Å²) in [6, 6.07) is -0.984.